The normalized spacial score (nSPS) is 11.6. The van der Waals surface area contributed by atoms with Crippen LogP contribution in [0.1, 0.15) is 42.2 Å². The summed E-state index contributed by atoms with van der Waals surface area (Å²) in [5, 5.41) is 7.37. The zero-order valence-electron chi connectivity index (χ0n) is 15.8. The third-order valence-electron chi connectivity index (χ3n) is 4.50. The molecule has 0 fully saturated rings. The molecule has 0 atom stereocenters. The SMILES string of the molecule is CCCCCn1nc(C(=O)Nc2cccc(C(F)(F)F)c2)c2ccccc2c1=O. The van der Waals surface area contributed by atoms with Crippen molar-refractivity contribution >= 4 is 22.4 Å². The highest BCUT2D eigenvalue weighted by molar-refractivity contribution is 6.11. The molecule has 0 aliphatic heterocycles. The summed E-state index contributed by atoms with van der Waals surface area (Å²) in [6.07, 6.45) is -1.91. The number of anilines is 1. The molecule has 2 aromatic carbocycles. The molecule has 29 heavy (non-hydrogen) atoms. The third-order valence-corrected chi connectivity index (χ3v) is 4.50. The second kappa shape index (κ2) is 8.46. The molecule has 0 aliphatic rings. The number of alkyl halides is 3. The van der Waals surface area contributed by atoms with Gasteiger partial charge in [0.1, 0.15) is 0 Å². The Bertz CT molecular complexity index is 1090. The molecule has 152 valence electrons. The van der Waals surface area contributed by atoms with Crippen LogP contribution in [0, 0.1) is 0 Å². The number of hydrogen-bond acceptors (Lipinski definition) is 3. The number of nitrogens with one attached hydrogen (secondary N) is 1. The summed E-state index contributed by atoms with van der Waals surface area (Å²) in [6, 6.07) is 10.9. The number of unbranched alkanes of at least 4 members (excludes halogenated alkanes) is 2. The van der Waals surface area contributed by atoms with Crippen molar-refractivity contribution in [1.29, 1.82) is 0 Å². The van der Waals surface area contributed by atoms with E-state index in [-0.39, 0.29) is 16.9 Å². The molecular weight excluding hydrogens is 383 g/mol. The Kier molecular flexibility index (Phi) is 6.00. The Balaban J connectivity index is 1.99. The summed E-state index contributed by atoms with van der Waals surface area (Å²) < 4.78 is 40.0. The Morgan fingerprint density at radius 2 is 1.79 bits per heavy atom. The summed E-state index contributed by atoms with van der Waals surface area (Å²) in [4.78, 5) is 25.5. The van der Waals surface area contributed by atoms with Gasteiger partial charge in [-0.2, -0.15) is 18.3 Å². The van der Waals surface area contributed by atoms with E-state index in [0.717, 1.165) is 31.4 Å². The first-order valence-electron chi connectivity index (χ1n) is 9.29. The predicted octanol–water partition coefficient (Wildman–Crippen LogP) is 4.86. The largest absolute Gasteiger partial charge is 0.416 e. The van der Waals surface area contributed by atoms with Crippen molar-refractivity contribution in [3.63, 3.8) is 0 Å². The second-order valence-corrected chi connectivity index (χ2v) is 6.66. The Labute approximate surface area is 165 Å². The van der Waals surface area contributed by atoms with Gasteiger partial charge in [-0.3, -0.25) is 9.59 Å². The average Bonchev–Trinajstić information content (AvgIpc) is 2.69. The molecule has 1 heterocycles. The Morgan fingerprint density at radius 1 is 1.07 bits per heavy atom. The fourth-order valence-corrected chi connectivity index (χ4v) is 3.03. The van der Waals surface area contributed by atoms with E-state index in [2.05, 4.69) is 10.4 Å². The molecule has 0 unspecified atom stereocenters. The van der Waals surface area contributed by atoms with Crippen LogP contribution in [0.2, 0.25) is 0 Å². The van der Waals surface area contributed by atoms with Crippen molar-refractivity contribution in [3.05, 3.63) is 70.1 Å². The number of carbonyl (C=O) groups is 1. The zero-order valence-corrected chi connectivity index (χ0v) is 15.8. The predicted molar refractivity (Wildman–Crippen MR) is 105 cm³/mol. The first-order chi connectivity index (χ1) is 13.8. The van der Waals surface area contributed by atoms with E-state index in [1.165, 1.54) is 16.8 Å². The molecule has 0 radical (unpaired) electrons. The lowest BCUT2D eigenvalue weighted by molar-refractivity contribution is -0.137. The average molecular weight is 403 g/mol. The van der Waals surface area contributed by atoms with Crippen molar-refractivity contribution in [3.8, 4) is 0 Å². The van der Waals surface area contributed by atoms with Crippen molar-refractivity contribution in [2.75, 3.05) is 5.32 Å². The van der Waals surface area contributed by atoms with E-state index in [0.29, 0.717) is 17.3 Å². The first-order valence-corrected chi connectivity index (χ1v) is 9.29. The summed E-state index contributed by atoms with van der Waals surface area (Å²) in [6.45, 7) is 2.39. The van der Waals surface area contributed by atoms with Gasteiger partial charge in [0.25, 0.3) is 11.5 Å². The van der Waals surface area contributed by atoms with Crippen molar-refractivity contribution < 1.29 is 18.0 Å². The number of aromatic nitrogens is 2. The van der Waals surface area contributed by atoms with Gasteiger partial charge in [0.15, 0.2) is 5.69 Å². The fraction of sp³-hybridized carbons (Fsp3) is 0.286. The molecular formula is C21H20F3N3O2. The first kappa shape index (κ1) is 20.6. The van der Waals surface area contributed by atoms with Gasteiger partial charge < -0.3 is 5.32 Å². The van der Waals surface area contributed by atoms with Gasteiger partial charge in [0, 0.05) is 17.6 Å². The maximum absolute atomic E-state index is 12.9. The monoisotopic (exact) mass is 403 g/mol. The molecule has 0 spiro atoms. The van der Waals surface area contributed by atoms with Crippen LogP contribution in [-0.2, 0) is 12.7 Å². The van der Waals surface area contributed by atoms with Crippen molar-refractivity contribution in [2.45, 2.75) is 38.9 Å². The Morgan fingerprint density at radius 3 is 2.48 bits per heavy atom. The number of hydrogen-bond donors (Lipinski definition) is 1. The van der Waals surface area contributed by atoms with Crippen LogP contribution in [-0.4, -0.2) is 15.7 Å². The van der Waals surface area contributed by atoms with Crippen LogP contribution >= 0.6 is 0 Å². The summed E-state index contributed by atoms with van der Waals surface area (Å²) >= 11 is 0. The van der Waals surface area contributed by atoms with Crippen LogP contribution < -0.4 is 10.9 Å². The number of nitrogens with zero attached hydrogens (tertiary/aromatic N) is 2. The number of aryl methyl sites for hydroxylation is 1. The Hall–Kier alpha value is -3.16. The number of amides is 1. The van der Waals surface area contributed by atoms with E-state index in [4.69, 9.17) is 0 Å². The number of halogens is 3. The maximum atomic E-state index is 12.9. The molecule has 5 nitrogen and oxygen atoms in total. The smallest absolute Gasteiger partial charge is 0.321 e. The fourth-order valence-electron chi connectivity index (χ4n) is 3.03. The van der Waals surface area contributed by atoms with Gasteiger partial charge in [0.2, 0.25) is 0 Å². The third kappa shape index (κ3) is 4.64. The van der Waals surface area contributed by atoms with Crippen LogP contribution in [0.15, 0.2) is 53.3 Å². The molecule has 3 rings (SSSR count). The summed E-state index contributed by atoms with van der Waals surface area (Å²) in [5.74, 6) is -0.676. The minimum Gasteiger partial charge on any atom is -0.321 e. The molecule has 1 aromatic heterocycles. The molecule has 0 bridgehead atoms. The van der Waals surface area contributed by atoms with Crippen LogP contribution in [0.5, 0.6) is 0 Å². The quantitative estimate of drug-likeness (QED) is 0.598. The van der Waals surface area contributed by atoms with Gasteiger partial charge >= 0.3 is 6.18 Å². The summed E-state index contributed by atoms with van der Waals surface area (Å²) in [5.41, 5.74) is -1.17. The van der Waals surface area contributed by atoms with Gasteiger partial charge in [-0.25, -0.2) is 4.68 Å². The standard InChI is InChI=1S/C21H20F3N3O2/c1-2-3-6-12-27-20(29)17-11-5-4-10-16(17)18(26-27)19(28)25-15-9-7-8-14(13-15)21(22,23)24/h4-5,7-11,13H,2-3,6,12H2,1H3,(H,25,28). The minimum atomic E-state index is -4.52. The van der Waals surface area contributed by atoms with E-state index in [9.17, 15) is 22.8 Å². The highest BCUT2D eigenvalue weighted by Gasteiger charge is 2.30. The van der Waals surface area contributed by atoms with E-state index >= 15 is 0 Å². The highest BCUT2D eigenvalue weighted by Crippen LogP contribution is 2.30. The highest BCUT2D eigenvalue weighted by atomic mass is 19.4. The van der Waals surface area contributed by atoms with Crippen LogP contribution in [0.25, 0.3) is 10.8 Å². The zero-order chi connectivity index (χ0) is 21.0. The molecule has 0 aliphatic carbocycles. The molecule has 0 saturated heterocycles. The topological polar surface area (TPSA) is 64.0 Å². The summed E-state index contributed by atoms with van der Waals surface area (Å²) in [7, 11) is 0. The second-order valence-electron chi connectivity index (χ2n) is 6.66. The lowest BCUT2D eigenvalue weighted by atomic mass is 10.1. The number of benzene rings is 2. The van der Waals surface area contributed by atoms with Gasteiger partial charge in [-0.15, -0.1) is 0 Å². The lowest BCUT2D eigenvalue weighted by Gasteiger charge is -2.12. The van der Waals surface area contributed by atoms with Gasteiger partial charge in [-0.1, -0.05) is 44.0 Å². The molecule has 1 amide bonds. The maximum Gasteiger partial charge on any atom is 0.416 e. The van der Waals surface area contributed by atoms with E-state index in [1.807, 2.05) is 6.92 Å². The molecule has 8 heteroatoms. The molecule has 3 aromatic rings. The lowest BCUT2D eigenvalue weighted by Crippen LogP contribution is -2.27. The van der Waals surface area contributed by atoms with Gasteiger partial charge in [0.05, 0.1) is 10.9 Å². The van der Waals surface area contributed by atoms with Crippen LogP contribution in [0.3, 0.4) is 0 Å². The number of fused-ring (bicyclic) bond motifs is 1. The van der Waals surface area contributed by atoms with Gasteiger partial charge in [-0.05, 0) is 30.7 Å². The minimum absolute atomic E-state index is 0.000519. The molecule has 0 saturated carbocycles. The van der Waals surface area contributed by atoms with Crippen molar-refractivity contribution in [1.82, 2.24) is 9.78 Å². The molecule has 1 N–H and O–H groups in total. The number of carbonyl (C=O) groups excluding carboxylic acids is 1. The van der Waals surface area contributed by atoms with Crippen molar-refractivity contribution in [2.24, 2.45) is 0 Å². The van der Waals surface area contributed by atoms with E-state index in [1.54, 1.807) is 24.3 Å². The number of rotatable bonds is 6. The van der Waals surface area contributed by atoms with E-state index < -0.39 is 17.6 Å². The van der Waals surface area contributed by atoms with Crippen LogP contribution in [0.4, 0.5) is 18.9 Å².